The molecule has 0 bridgehead atoms. The van der Waals surface area contributed by atoms with Gasteiger partial charge in [-0.3, -0.25) is 9.59 Å². The minimum Gasteiger partial charge on any atom is -0.354 e. The van der Waals surface area contributed by atoms with Crippen LogP contribution in [-0.4, -0.2) is 21.7 Å². The molecule has 0 aliphatic heterocycles. The van der Waals surface area contributed by atoms with Crippen LogP contribution in [0.1, 0.15) is 42.6 Å². The Kier molecular flexibility index (Phi) is 7.02. The Labute approximate surface area is 187 Å². The molecular formula is C24H25ClN4O2. The third kappa shape index (κ3) is 5.47. The number of benzene rings is 2. The van der Waals surface area contributed by atoms with Crippen molar-refractivity contribution in [3.8, 4) is 0 Å². The number of aromatic nitrogens is 2. The summed E-state index contributed by atoms with van der Waals surface area (Å²) in [5.74, 6) is -0.177. The smallest absolute Gasteiger partial charge is 0.226 e. The van der Waals surface area contributed by atoms with Crippen molar-refractivity contribution in [2.24, 2.45) is 5.41 Å². The molecule has 1 fully saturated rings. The van der Waals surface area contributed by atoms with Gasteiger partial charge in [-0.25, -0.2) is 9.97 Å². The first kappa shape index (κ1) is 22.4. The summed E-state index contributed by atoms with van der Waals surface area (Å²) in [4.78, 5) is 32.8. The van der Waals surface area contributed by atoms with Crippen molar-refractivity contribution in [3.63, 3.8) is 0 Å². The predicted octanol–water partition coefficient (Wildman–Crippen LogP) is 5.18. The van der Waals surface area contributed by atoms with Crippen LogP contribution >= 0.6 is 11.6 Å². The number of amides is 1. The fourth-order valence-electron chi connectivity index (χ4n) is 3.28. The summed E-state index contributed by atoms with van der Waals surface area (Å²) in [6, 6.07) is 15.3. The van der Waals surface area contributed by atoms with E-state index in [1.165, 1.54) is 18.7 Å². The van der Waals surface area contributed by atoms with Crippen LogP contribution in [0.3, 0.4) is 0 Å². The summed E-state index contributed by atoms with van der Waals surface area (Å²) in [7, 11) is 0. The molecule has 2 aromatic carbocycles. The van der Waals surface area contributed by atoms with Crippen LogP contribution in [0.4, 0.5) is 11.4 Å². The van der Waals surface area contributed by atoms with Crippen LogP contribution < -0.4 is 10.6 Å². The van der Waals surface area contributed by atoms with Crippen molar-refractivity contribution >= 4 is 34.7 Å². The number of rotatable bonds is 8. The third-order valence-corrected chi connectivity index (χ3v) is 5.61. The lowest BCUT2D eigenvalue weighted by Crippen LogP contribution is -2.33. The van der Waals surface area contributed by atoms with Gasteiger partial charge in [0.2, 0.25) is 5.91 Å². The zero-order valence-corrected chi connectivity index (χ0v) is 17.0. The van der Waals surface area contributed by atoms with Gasteiger partial charge in [0, 0.05) is 31.0 Å². The van der Waals surface area contributed by atoms with Gasteiger partial charge in [-0.05, 0) is 42.7 Å². The standard InChI is InChI=1S/C23H21ClN4O2.CH4/c24-19-3-1-2-4-20(19)28-18-7-5-16(6-8-18)12-27-22(30)23(9-10-23)11-21(29)17-13-25-15-26-14-17;/h1-8,13-15,28H,9-12H2,(H,27,30);1H4. The maximum Gasteiger partial charge on any atom is 0.226 e. The first-order valence-corrected chi connectivity index (χ1v) is 10.1. The second-order valence-corrected chi connectivity index (χ2v) is 7.90. The molecule has 0 saturated heterocycles. The molecule has 0 unspecified atom stereocenters. The molecule has 7 heteroatoms. The van der Waals surface area contributed by atoms with Crippen molar-refractivity contribution in [1.82, 2.24) is 15.3 Å². The van der Waals surface area contributed by atoms with Crippen LogP contribution in [0.5, 0.6) is 0 Å². The average molecular weight is 437 g/mol. The van der Waals surface area contributed by atoms with Crippen molar-refractivity contribution in [3.05, 3.63) is 83.4 Å². The van der Waals surface area contributed by atoms with Crippen LogP contribution in [0.15, 0.2) is 67.3 Å². The van der Waals surface area contributed by atoms with Crippen molar-refractivity contribution in [2.45, 2.75) is 33.2 Å². The molecule has 0 spiro atoms. The Hall–Kier alpha value is -3.25. The molecule has 1 aliphatic carbocycles. The first-order chi connectivity index (χ1) is 14.6. The molecule has 3 aromatic rings. The quantitative estimate of drug-likeness (QED) is 0.475. The van der Waals surface area contributed by atoms with E-state index >= 15 is 0 Å². The molecule has 2 N–H and O–H groups in total. The summed E-state index contributed by atoms with van der Waals surface area (Å²) in [5, 5.41) is 6.89. The highest BCUT2D eigenvalue weighted by Crippen LogP contribution is 2.49. The van der Waals surface area contributed by atoms with Gasteiger partial charge in [-0.15, -0.1) is 0 Å². The first-order valence-electron chi connectivity index (χ1n) is 9.73. The molecule has 31 heavy (non-hydrogen) atoms. The largest absolute Gasteiger partial charge is 0.354 e. The van der Waals surface area contributed by atoms with E-state index in [0.29, 0.717) is 17.1 Å². The number of ketones is 1. The zero-order chi connectivity index (χ0) is 21.0. The average Bonchev–Trinajstić information content (AvgIpc) is 3.56. The van der Waals surface area contributed by atoms with Crippen LogP contribution in [-0.2, 0) is 11.3 Å². The maximum atomic E-state index is 12.7. The number of nitrogens with zero attached hydrogens (tertiary/aromatic N) is 2. The third-order valence-electron chi connectivity index (χ3n) is 5.28. The van der Waals surface area contributed by atoms with E-state index in [1.807, 2.05) is 48.5 Å². The highest BCUT2D eigenvalue weighted by atomic mass is 35.5. The lowest BCUT2D eigenvalue weighted by atomic mass is 9.95. The second kappa shape index (κ2) is 9.71. The predicted molar refractivity (Wildman–Crippen MR) is 122 cm³/mol. The summed E-state index contributed by atoms with van der Waals surface area (Å²) < 4.78 is 0. The number of carbonyl (C=O) groups is 2. The van der Waals surface area contributed by atoms with E-state index in [9.17, 15) is 9.59 Å². The highest BCUT2D eigenvalue weighted by molar-refractivity contribution is 6.33. The molecule has 1 amide bonds. The molecule has 1 aromatic heterocycles. The molecule has 1 heterocycles. The number of para-hydroxylation sites is 1. The van der Waals surface area contributed by atoms with E-state index in [1.54, 1.807) is 0 Å². The van der Waals surface area contributed by atoms with E-state index in [2.05, 4.69) is 20.6 Å². The van der Waals surface area contributed by atoms with E-state index < -0.39 is 5.41 Å². The highest BCUT2D eigenvalue weighted by Gasteiger charge is 2.50. The monoisotopic (exact) mass is 436 g/mol. The van der Waals surface area contributed by atoms with Gasteiger partial charge in [-0.2, -0.15) is 0 Å². The number of halogens is 1. The van der Waals surface area contributed by atoms with E-state index in [-0.39, 0.29) is 25.5 Å². The summed E-state index contributed by atoms with van der Waals surface area (Å²) in [6.45, 7) is 0.412. The Morgan fingerprint density at radius 3 is 2.32 bits per heavy atom. The molecule has 1 aliphatic rings. The molecule has 0 radical (unpaired) electrons. The van der Waals surface area contributed by atoms with Gasteiger partial charge in [-0.1, -0.05) is 43.3 Å². The number of nitrogens with one attached hydrogen (secondary N) is 2. The van der Waals surface area contributed by atoms with Crippen molar-refractivity contribution in [2.75, 3.05) is 5.32 Å². The lowest BCUT2D eigenvalue weighted by Gasteiger charge is -2.15. The molecule has 1 saturated carbocycles. The minimum atomic E-state index is -0.599. The number of hydrogen-bond acceptors (Lipinski definition) is 5. The van der Waals surface area contributed by atoms with Crippen LogP contribution in [0, 0.1) is 5.41 Å². The fourth-order valence-corrected chi connectivity index (χ4v) is 3.46. The van der Waals surface area contributed by atoms with E-state index in [0.717, 1.165) is 29.8 Å². The maximum absolute atomic E-state index is 12.7. The molecule has 6 nitrogen and oxygen atoms in total. The SMILES string of the molecule is C.O=C(CC1(C(=O)NCc2ccc(Nc3ccccc3Cl)cc2)CC1)c1cncnc1. The number of carbonyl (C=O) groups excluding carboxylic acids is 2. The summed E-state index contributed by atoms with van der Waals surface area (Å²) >= 11 is 6.17. The molecule has 160 valence electrons. The normalized spacial score (nSPS) is 13.6. The summed E-state index contributed by atoms with van der Waals surface area (Å²) in [6.07, 6.45) is 5.99. The van der Waals surface area contributed by atoms with Gasteiger partial charge in [0.15, 0.2) is 5.78 Å². The van der Waals surface area contributed by atoms with E-state index in [4.69, 9.17) is 11.6 Å². The van der Waals surface area contributed by atoms with Gasteiger partial charge >= 0.3 is 0 Å². The Morgan fingerprint density at radius 2 is 1.68 bits per heavy atom. The number of hydrogen-bond donors (Lipinski definition) is 2. The van der Waals surface area contributed by atoms with Gasteiger partial charge < -0.3 is 10.6 Å². The summed E-state index contributed by atoms with van der Waals surface area (Å²) in [5.41, 5.74) is 2.57. The Balaban J connectivity index is 0.00000272. The minimum absolute atomic E-state index is 0. The van der Waals surface area contributed by atoms with Gasteiger partial charge in [0.05, 0.1) is 21.7 Å². The Bertz CT molecular complexity index is 1050. The number of anilines is 2. The number of Topliss-reactive ketones (excluding diaryl/α,β-unsaturated/α-hetero) is 1. The molecule has 0 atom stereocenters. The Morgan fingerprint density at radius 1 is 1.00 bits per heavy atom. The van der Waals surface area contributed by atoms with Gasteiger partial charge in [0.1, 0.15) is 6.33 Å². The van der Waals surface area contributed by atoms with Crippen LogP contribution in [0.2, 0.25) is 5.02 Å². The van der Waals surface area contributed by atoms with Crippen molar-refractivity contribution in [1.29, 1.82) is 0 Å². The molecule has 4 rings (SSSR count). The lowest BCUT2D eigenvalue weighted by molar-refractivity contribution is -0.126. The topological polar surface area (TPSA) is 84.0 Å². The zero-order valence-electron chi connectivity index (χ0n) is 16.3. The van der Waals surface area contributed by atoms with Crippen LogP contribution in [0.25, 0.3) is 0 Å². The fraction of sp³-hybridized carbons (Fsp3) is 0.250. The van der Waals surface area contributed by atoms with Gasteiger partial charge in [0.25, 0.3) is 0 Å². The second-order valence-electron chi connectivity index (χ2n) is 7.49. The molecular weight excluding hydrogens is 412 g/mol. The van der Waals surface area contributed by atoms with Crippen molar-refractivity contribution < 1.29 is 9.59 Å².